The second kappa shape index (κ2) is 10.5. The smallest absolute Gasteiger partial charge is 0.411 e. The summed E-state index contributed by atoms with van der Waals surface area (Å²) in [7, 11) is 0. The molecule has 1 aliphatic heterocycles. The maximum Gasteiger partial charge on any atom is 0.411 e. The molecule has 0 spiro atoms. The number of nitrogens with one attached hydrogen (secondary N) is 1. The van der Waals surface area contributed by atoms with Crippen LogP contribution in [0.15, 0.2) is 0 Å². The van der Waals surface area contributed by atoms with Gasteiger partial charge in [0.15, 0.2) is 6.23 Å². The number of carbonyl (C=O) groups is 3. The van der Waals surface area contributed by atoms with E-state index in [0.717, 1.165) is 12.2 Å². The maximum atomic E-state index is 12.4. The number of ether oxygens (including phenoxy) is 2. The quantitative estimate of drug-likeness (QED) is 0.371. The number of carbonyl (C=O) groups excluding carboxylic acids is 3. The van der Waals surface area contributed by atoms with E-state index in [1.54, 1.807) is 32.5 Å². The molecule has 0 aromatic heterocycles. The van der Waals surface area contributed by atoms with Gasteiger partial charge in [0.25, 0.3) is 6.47 Å². The maximum absolute atomic E-state index is 12.4. The molecule has 0 saturated carbocycles. The SMILES string of the molecule is CC(C)(C)OC(=O)N1CCSCC1C(=O)NCCCC[C@H](N)OC=O. The van der Waals surface area contributed by atoms with Crippen molar-refractivity contribution in [2.24, 2.45) is 5.73 Å². The Balaban J connectivity index is 2.40. The molecular weight excluding hydrogens is 346 g/mol. The van der Waals surface area contributed by atoms with Gasteiger partial charge in [-0.15, -0.1) is 0 Å². The second-order valence-electron chi connectivity index (χ2n) is 6.82. The lowest BCUT2D eigenvalue weighted by atomic mass is 10.2. The average molecular weight is 375 g/mol. The highest BCUT2D eigenvalue weighted by atomic mass is 32.2. The summed E-state index contributed by atoms with van der Waals surface area (Å²) in [6, 6.07) is -0.519. The highest BCUT2D eigenvalue weighted by Gasteiger charge is 2.34. The highest BCUT2D eigenvalue weighted by Crippen LogP contribution is 2.20. The van der Waals surface area contributed by atoms with Gasteiger partial charge in [-0.1, -0.05) is 0 Å². The van der Waals surface area contributed by atoms with Crippen LogP contribution in [-0.4, -0.2) is 65.8 Å². The van der Waals surface area contributed by atoms with E-state index in [4.69, 9.17) is 10.5 Å². The first kappa shape index (κ1) is 21.6. The minimum absolute atomic E-state index is 0.175. The molecule has 1 heterocycles. The third-order valence-electron chi connectivity index (χ3n) is 3.50. The summed E-state index contributed by atoms with van der Waals surface area (Å²) in [4.78, 5) is 36.4. The lowest BCUT2D eigenvalue weighted by Crippen LogP contribution is -2.55. The Morgan fingerprint density at radius 3 is 2.76 bits per heavy atom. The van der Waals surface area contributed by atoms with Gasteiger partial charge in [-0.2, -0.15) is 11.8 Å². The molecule has 0 aromatic carbocycles. The van der Waals surface area contributed by atoms with Crippen LogP contribution in [0.1, 0.15) is 40.0 Å². The normalized spacial score (nSPS) is 19.0. The summed E-state index contributed by atoms with van der Waals surface area (Å²) in [6.07, 6.45) is 0.923. The van der Waals surface area contributed by atoms with E-state index in [0.29, 0.717) is 38.2 Å². The Labute approximate surface area is 153 Å². The lowest BCUT2D eigenvalue weighted by Gasteiger charge is -2.35. The molecule has 0 aromatic rings. The molecule has 1 unspecified atom stereocenters. The van der Waals surface area contributed by atoms with Crippen LogP contribution in [0.2, 0.25) is 0 Å². The first-order valence-corrected chi connectivity index (χ1v) is 9.60. The van der Waals surface area contributed by atoms with Crippen LogP contribution in [0, 0.1) is 0 Å². The summed E-state index contributed by atoms with van der Waals surface area (Å²) in [5, 5.41) is 2.85. The summed E-state index contributed by atoms with van der Waals surface area (Å²) >= 11 is 1.65. The Hall–Kier alpha value is -1.48. The number of unbranched alkanes of at least 4 members (excludes halogenated alkanes) is 1. The minimum atomic E-state index is -0.606. The zero-order valence-electron chi connectivity index (χ0n) is 15.2. The number of hydrogen-bond acceptors (Lipinski definition) is 7. The average Bonchev–Trinajstić information content (AvgIpc) is 2.53. The van der Waals surface area contributed by atoms with E-state index < -0.39 is 24.0 Å². The molecule has 0 aliphatic carbocycles. The fraction of sp³-hybridized carbons (Fsp3) is 0.812. The van der Waals surface area contributed by atoms with E-state index >= 15 is 0 Å². The number of nitrogens with two attached hydrogens (primary N) is 1. The largest absolute Gasteiger partial charge is 0.449 e. The van der Waals surface area contributed by atoms with Gasteiger partial charge in [0.2, 0.25) is 5.91 Å². The zero-order valence-corrected chi connectivity index (χ0v) is 16.0. The highest BCUT2D eigenvalue weighted by molar-refractivity contribution is 7.99. The molecule has 1 fully saturated rings. The number of nitrogens with zero attached hydrogens (tertiary/aromatic N) is 1. The number of rotatable bonds is 8. The predicted molar refractivity (Wildman–Crippen MR) is 96.0 cm³/mol. The van der Waals surface area contributed by atoms with Crippen molar-refractivity contribution in [3.05, 3.63) is 0 Å². The molecule has 2 atom stereocenters. The van der Waals surface area contributed by atoms with Gasteiger partial charge in [0.1, 0.15) is 11.6 Å². The molecule has 1 aliphatic rings. The lowest BCUT2D eigenvalue weighted by molar-refractivity contribution is -0.133. The Kier molecular flexibility index (Phi) is 9.05. The molecule has 1 saturated heterocycles. The summed E-state index contributed by atoms with van der Waals surface area (Å²) in [6.45, 7) is 6.72. The van der Waals surface area contributed by atoms with Crippen LogP contribution >= 0.6 is 11.8 Å². The first-order valence-electron chi connectivity index (χ1n) is 8.44. The molecule has 3 N–H and O–H groups in total. The molecule has 144 valence electrons. The van der Waals surface area contributed by atoms with Crippen molar-refractivity contribution in [2.45, 2.75) is 57.9 Å². The molecule has 1 rings (SSSR count). The third-order valence-corrected chi connectivity index (χ3v) is 4.53. The Morgan fingerprint density at radius 1 is 1.40 bits per heavy atom. The van der Waals surface area contributed by atoms with Gasteiger partial charge in [-0.25, -0.2) is 4.79 Å². The standard InChI is InChI=1S/C16H29N3O5S/c1-16(2,3)24-15(22)19-8-9-25-10-12(19)14(21)18-7-5-4-6-13(17)23-11-20/h11-13H,4-10,17H2,1-3H3,(H,18,21)/t12?,13-/m1/s1. The number of hydrogen-bond donors (Lipinski definition) is 2. The van der Waals surface area contributed by atoms with Crippen molar-refractivity contribution >= 4 is 30.2 Å². The molecule has 0 bridgehead atoms. The monoisotopic (exact) mass is 375 g/mol. The van der Waals surface area contributed by atoms with Crippen LogP contribution in [0.5, 0.6) is 0 Å². The Morgan fingerprint density at radius 2 is 2.12 bits per heavy atom. The van der Waals surface area contributed by atoms with E-state index in [1.165, 1.54) is 4.90 Å². The summed E-state index contributed by atoms with van der Waals surface area (Å²) in [5.74, 6) is 1.17. The van der Waals surface area contributed by atoms with E-state index in [-0.39, 0.29) is 5.91 Å². The van der Waals surface area contributed by atoms with Crippen molar-refractivity contribution in [2.75, 3.05) is 24.6 Å². The predicted octanol–water partition coefficient (Wildman–Crippen LogP) is 1.08. The Bertz CT molecular complexity index is 456. The van der Waals surface area contributed by atoms with Gasteiger partial charge in [0, 0.05) is 24.6 Å². The zero-order chi connectivity index (χ0) is 18.9. The van der Waals surface area contributed by atoms with E-state index in [1.807, 2.05) is 0 Å². The molecular formula is C16H29N3O5S. The topological polar surface area (TPSA) is 111 Å². The molecule has 9 heteroatoms. The van der Waals surface area contributed by atoms with Crippen molar-refractivity contribution in [1.82, 2.24) is 10.2 Å². The van der Waals surface area contributed by atoms with Crippen LogP contribution in [-0.2, 0) is 19.1 Å². The third kappa shape index (κ3) is 8.44. The fourth-order valence-electron chi connectivity index (χ4n) is 2.30. The van der Waals surface area contributed by atoms with Gasteiger partial charge in [-0.3, -0.25) is 20.2 Å². The van der Waals surface area contributed by atoms with Crippen molar-refractivity contribution in [3.8, 4) is 0 Å². The van der Waals surface area contributed by atoms with Crippen molar-refractivity contribution in [3.63, 3.8) is 0 Å². The number of thioether (sulfide) groups is 1. The molecule has 25 heavy (non-hydrogen) atoms. The van der Waals surface area contributed by atoms with Gasteiger partial charge in [-0.05, 0) is 40.0 Å². The minimum Gasteiger partial charge on any atom is -0.449 e. The molecule has 2 amide bonds. The fourth-order valence-corrected chi connectivity index (χ4v) is 3.35. The van der Waals surface area contributed by atoms with Crippen molar-refractivity contribution in [1.29, 1.82) is 0 Å². The van der Waals surface area contributed by atoms with E-state index in [2.05, 4.69) is 10.1 Å². The van der Waals surface area contributed by atoms with Gasteiger partial charge in [0.05, 0.1) is 0 Å². The van der Waals surface area contributed by atoms with E-state index in [9.17, 15) is 14.4 Å². The van der Waals surface area contributed by atoms with Crippen LogP contribution < -0.4 is 11.1 Å². The van der Waals surface area contributed by atoms with Gasteiger partial charge >= 0.3 is 6.09 Å². The molecule has 8 nitrogen and oxygen atoms in total. The van der Waals surface area contributed by atoms with Crippen molar-refractivity contribution < 1.29 is 23.9 Å². The number of amides is 2. The van der Waals surface area contributed by atoms with Crippen LogP contribution in [0.3, 0.4) is 0 Å². The molecule has 0 radical (unpaired) electrons. The summed E-state index contributed by atoms with van der Waals surface area (Å²) in [5.41, 5.74) is 4.95. The van der Waals surface area contributed by atoms with Crippen LogP contribution in [0.4, 0.5) is 4.79 Å². The summed E-state index contributed by atoms with van der Waals surface area (Å²) < 4.78 is 9.99. The van der Waals surface area contributed by atoms with Crippen LogP contribution in [0.25, 0.3) is 0 Å². The second-order valence-corrected chi connectivity index (χ2v) is 7.97. The van der Waals surface area contributed by atoms with Gasteiger partial charge < -0.3 is 14.8 Å². The first-order chi connectivity index (χ1) is 11.7.